The van der Waals surface area contributed by atoms with Crippen LogP contribution in [-0.4, -0.2) is 39.5 Å². The summed E-state index contributed by atoms with van der Waals surface area (Å²) in [6.45, 7) is 1.32. The quantitative estimate of drug-likeness (QED) is 0.257. The molecule has 1 fully saturated rings. The normalized spacial score (nSPS) is 18.9. The standard InChI is InChI=1S/C27H35N2O7P/c1-19(30)28-25(18-21-14-16-23(17-15-21)36-37(33,34)35)27(32)29-24-13-6-5-11-22(26(24)31)12-7-10-20-8-3-2-4-9-20/h2-4,8-9,14-17,22,24-25H,5-7,10-13,18H2,1H3,(H,28,30)(H,29,32)(H2,33,34,35). The Labute approximate surface area is 217 Å². The predicted molar refractivity (Wildman–Crippen MR) is 139 cm³/mol. The van der Waals surface area contributed by atoms with Gasteiger partial charge in [0, 0.05) is 19.3 Å². The van der Waals surface area contributed by atoms with Gasteiger partial charge in [-0.2, -0.15) is 0 Å². The second-order valence-electron chi connectivity index (χ2n) is 9.51. The summed E-state index contributed by atoms with van der Waals surface area (Å²) < 4.78 is 15.5. The van der Waals surface area contributed by atoms with Crippen molar-refractivity contribution in [2.75, 3.05) is 0 Å². The van der Waals surface area contributed by atoms with Crippen LogP contribution in [0.25, 0.3) is 0 Å². The molecule has 3 unspecified atom stereocenters. The molecule has 0 aromatic heterocycles. The molecular formula is C27H35N2O7P. The van der Waals surface area contributed by atoms with Crippen LogP contribution in [0.1, 0.15) is 56.6 Å². The number of rotatable bonds is 11. The van der Waals surface area contributed by atoms with Crippen molar-refractivity contribution in [3.8, 4) is 5.75 Å². The number of carbonyl (C=O) groups excluding carboxylic acids is 3. The third kappa shape index (κ3) is 9.76. The van der Waals surface area contributed by atoms with E-state index in [1.165, 1.54) is 24.6 Å². The topological polar surface area (TPSA) is 142 Å². The van der Waals surface area contributed by atoms with Gasteiger partial charge in [-0.05, 0) is 55.4 Å². The number of hydrogen-bond acceptors (Lipinski definition) is 5. The van der Waals surface area contributed by atoms with Crippen LogP contribution in [0.3, 0.4) is 0 Å². The van der Waals surface area contributed by atoms with Crippen molar-refractivity contribution in [1.29, 1.82) is 0 Å². The second-order valence-corrected chi connectivity index (χ2v) is 10.7. The maximum absolute atomic E-state index is 13.3. The minimum Gasteiger partial charge on any atom is -0.404 e. The zero-order valence-electron chi connectivity index (χ0n) is 21.0. The number of benzene rings is 2. The molecule has 2 aromatic rings. The molecule has 200 valence electrons. The molecule has 0 radical (unpaired) electrons. The number of phosphoric ester groups is 1. The van der Waals surface area contributed by atoms with Crippen LogP contribution in [0.2, 0.25) is 0 Å². The number of carbonyl (C=O) groups is 3. The van der Waals surface area contributed by atoms with Gasteiger partial charge in [0.25, 0.3) is 0 Å². The summed E-state index contributed by atoms with van der Waals surface area (Å²) in [6, 6.07) is 14.6. The van der Waals surface area contributed by atoms with E-state index in [0.29, 0.717) is 12.0 Å². The molecule has 3 rings (SSSR count). The first-order chi connectivity index (χ1) is 17.6. The van der Waals surface area contributed by atoms with Gasteiger partial charge in [-0.3, -0.25) is 24.2 Å². The highest BCUT2D eigenvalue weighted by Gasteiger charge is 2.32. The van der Waals surface area contributed by atoms with E-state index >= 15 is 0 Å². The van der Waals surface area contributed by atoms with E-state index in [1.807, 2.05) is 18.2 Å². The molecule has 37 heavy (non-hydrogen) atoms. The van der Waals surface area contributed by atoms with Gasteiger partial charge < -0.3 is 15.2 Å². The lowest BCUT2D eigenvalue weighted by Crippen LogP contribution is -2.52. The zero-order valence-corrected chi connectivity index (χ0v) is 21.9. The van der Waals surface area contributed by atoms with Gasteiger partial charge in [-0.25, -0.2) is 4.57 Å². The van der Waals surface area contributed by atoms with E-state index in [1.54, 1.807) is 12.1 Å². The summed E-state index contributed by atoms with van der Waals surface area (Å²) in [5.41, 5.74) is 1.89. The summed E-state index contributed by atoms with van der Waals surface area (Å²) in [6.07, 6.45) is 5.89. The van der Waals surface area contributed by atoms with Crippen LogP contribution in [0.4, 0.5) is 0 Å². The van der Waals surface area contributed by atoms with Crippen molar-refractivity contribution in [2.24, 2.45) is 5.92 Å². The van der Waals surface area contributed by atoms with Crippen LogP contribution in [0.15, 0.2) is 54.6 Å². The van der Waals surface area contributed by atoms with Crippen LogP contribution in [0, 0.1) is 5.92 Å². The lowest BCUT2D eigenvalue weighted by Gasteiger charge is -2.24. The maximum Gasteiger partial charge on any atom is 0.524 e. The Morgan fingerprint density at radius 1 is 1.03 bits per heavy atom. The van der Waals surface area contributed by atoms with Crippen molar-refractivity contribution in [3.05, 3.63) is 65.7 Å². The van der Waals surface area contributed by atoms with Gasteiger partial charge in [0.1, 0.15) is 11.8 Å². The molecule has 1 aliphatic rings. The van der Waals surface area contributed by atoms with E-state index < -0.39 is 25.8 Å². The molecule has 9 nitrogen and oxygen atoms in total. The number of ketones is 1. The maximum atomic E-state index is 13.3. The van der Waals surface area contributed by atoms with E-state index in [2.05, 4.69) is 27.3 Å². The molecule has 2 amide bonds. The Balaban J connectivity index is 1.61. The molecule has 3 atom stereocenters. The highest BCUT2D eigenvalue weighted by molar-refractivity contribution is 7.46. The van der Waals surface area contributed by atoms with Crippen LogP contribution >= 0.6 is 7.82 Å². The largest absolute Gasteiger partial charge is 0.524 e. The first-order valence-corrected chi connectivity index (χ1v) is 14.1. The SMILES string of the molecule is CC(=O)NC(Cc1ccc(OP(=O)(O)O)cc1)C(=O)NC1CCCCC(CCCc2ccccc2)C1=O. The van der Waals surface area contributed by atoms with Crippen molar-refractivity contribution in [2.45, 2.75) is 70.4 Å². The van der Waals surface area contributed by atoms with Crippen molar-refractivity contribution >= 4 is 25.4 Å². The Hall–Kier alpha value is -3.00. The minimum absolute atomic E-state index is 0.0139. The average Bonchev–Trinajstić information content (AvgIpc) is 3.00. The van der Waals surface area contributed by atoms with Gasteiger partial charge in [-0.1, -0.05) is 55.3 Å². The molecule has 4 N–H and O–H groups in total. The van der Waals surface area contributed by atoms with Gasteiger partial charge in [0.15, 0.2) is 5.78 Å². The minimum atomic E-state index is -4.68. The number of aryl methyl sites for hydroxylation is 1. The molecule has 0 saturated heterocycles. The number of amides is 2. The summed E-state index contributed by atoms with van der Waals surface area (Å²) >= 11 is 0. The molecule has 0 spiro atoms. The van der Waals surface area contributed by atoms with E-state index in [4.69, 9.17) is 9.79 Å². The Morgan fingerprint density at radius 3 is 2.35 bits per heavy atom. The Bertz CT molecular complexity index is 1100. The summed E-state index contributed by atoms with van der Waals surface area (Å²) in [7, 11) is -4.68. The molecule has 10 heteroatoms. The van der Waals surface area contributed by atoms with E-state index in [9.17, 15) is 18.9 Å². The fourth-order valence-corrected chi connectivity index (χ4v) is 5.12. The van der Waals surface area contributed by atoms with Crippen molar-refractivity contribution < 1.29 is 33.3 Å². The predicted octanol–water partition coefficient (Wildman–Crippen LogP) is 3.47. The molecule has 2 aromatic carbocycles. The highest BCUT2D eigenvalue weighted by atomic mass is 31.2. The van der Waals surface area contributed by atoms with Crippen LogP contribution in [-0.2, 0) is 31.8 Å². The monoisotopic (exact) mass is 530 g/mol. The Kier molecular flexibility index (Phi) is 10.4. The lowest BCUT2D eigenvalue weighted by atomic mass is 9.90. The van der Waals surface area contributed by atoms with Gasteiger partial charge in [0.05, 0.1) is 6.04 Å². The first kappa shape index (κ1) is 28.6. The number of nitrogens with one attached hydrogen (secondary N) is 2. The number of Topliss-reactive ketones (excluding diaryl/α,β-unsaturated/α-hetero) is 1. The molecular weight excluding hydrogens is 495 g/mol. The molecule has 1 aliphatic carbocycles. The summed E-state index contributed by atoms with van der Waals surface area (Å²) in [5, 5.41) is 5.53. The second kappa shape index (κ2) is 13.5. The van der Waals surface area contributed by atoms with Crippen molar-refractivity contribution in [3.63, 3.8) is 0 Å². The Morgan fingerprint density at radius 2 is 1.70 bits per heavy atom. The molecule has 0 aliphatic heterocycles. The summed E-state index contributed by atoms with van der Waals surface area (Å²) in [5.74, 6) is -0.877. The van der Waals surface area contributed by atoms with Gasteiger partial charge >= 0.3 is 7.82 Å². The van der Waals surface area contributed by atoms with Gasteiger partial charge in [0.2, 0.25) is 11.8 Å². The number of hydrogen-bond donors (Lipinski definition) is 4. The first-order valence-electron chi connectivity index (χ1n) is 12.6. The molecule has 0 bridgehead atoms. The smallest absolute Gasteiger partial charge is 0.404 e. The number of phosphoric acid groups is 1. The van der Waals surface area contributed by atoms with E-state index in [-0.39, 0.29) is 29.8 Å². The third-order valence-corrected chi connectivity index (χ3v) is 6.95. The highest BCUT2D eigenvalue weighted by Crippen LogP contribution is 2.37. The van der Waals surface area contributed by atoms with E-state index in [0.717, 1.165) is 38.5 Å². The van der Waals surface area contributed by atoms with Crippen molar-refractivity contribution in [1.82, 2.24) is 10.6 Å². The molecule has 1 saturated carbocycles. The average molecular weight is 531 g/mol. The fourth-order valence-electron chi connectivity index (χ4n) is 4.72. The lowest BCUT2D eigenvalue weighted by molar-refractivity contribution is -0.132. The molecule has 0 heterocycles. The zero-order chi connectivity index (χ0) is 26.8. The van der Waals surface area contributed by atoms with Gasteiger partial charge in [-0.15, -0.1) is 0 Å². The van der Waals surface area contributed by atoms with Crippen LogP contribution in [0.5, 0.6) is 5.75 Å². The summed E-state index contributed by atoms with van der Waals surface area (Å²) in [4.78, 5) is 56.1. The fraction of sp³-hybridized carbons (Fsp3) is 0.444. The van der Waals surface area contributed by atoms with Crippen LogP contribution < -0.4 is 15.2 Å². The third-order valence-electron chi connectivity index (χ3n) is 6.50.